The summed E-state index contributed by atoms with van der Waals surface area (Å²) in [4.78, 5) is 17.4. The summed E-state index contributed by atoms with van der Waals surface area (Å²) in [5, 5.41) is 14.8. The van der Waals surface area contributed by atoms with Crippen molar-refractivity contribution in [3.63, 3.8) is 0 Å². The first-order valence-corrected chi connectivity index (χ1v) is 8.81. The number of nitrogens with one attached hydrogen (secondary N) is 1. The van der Waals surface area contributed by atoms with E-state index < -0.39 is 4.92 Å². The highest BCUT2D eigenvalue weighted by atomic mass is 35.5. The average Bonchev–Trinajstić information content (AvgIpc) is 2.68. The van der Waals surface area contributed by atoms with Gasteiger partial charge in [-0.3, -0.25) is 10.1 Å². The van der Waals surface area contributed by atoms with Gasteiger partial charge in [0.05, 0.1) is 4.92 Å². The zero-order valence-corrected chi connectivity index (χ0v) is 15.6. The van der Waals surface area contributed by atoms with Gasteiger partial charge in [0.15, 0.2) is 0 Å². The molecule has 0 fully saturated rings. The first-order valence-electron chi connectivity index (χ1n) is 8.44. The van der Waals surface area contributed by atoms with E-state index in [4.69, 9.17) is 11.6 Å². The third kappa shape index (κ3) is 4.54. The molecule has 0 atom stereocenters. The molecule has 2 aromatic carbocycles. The van der Waals surface area contributed by atoms with Crippen molar-refractivity contribution in [1.29, 1.82) is 0 Å². The Labute approximate surface area is 162 Å². The molecule has 6 nitrogen and oxygen atoms in total. The number of anilines is 2. The predicted molar refractivity (Wildman–Crippen MR) is 108 cm³/mol. The van der Waals surface area contributed by atoms with Crippen LogP contribution in [0, 0.1) is 10.1 Å². The molecular formula is C20H19ClN4O2. The smallest absolute Gasteiger partial charge is 0.334 e. The maximum Gasteiger partial charge on any atom is 0.334 e. The number of nitro groups is 1. The van der Waals surface area contributed by atoms with Gasteiger partial charge < -0.3 is 10.2 Å². The second-order valence-electron chi connectivity index (χ2n) is 6.00. The van der Waals surface area contributed by atoms with E-state index in [1.807, 2.05) is 65.6 Å². The molecule has 0 amide bonds. The summed E-state index contributed by atoms with van der Waals surface area (Å²) in [5.41, 5.74) is 2.43. The van der Waals surface area contributed by atoms with Crippen LogP contribution in [-0.4, -0.2) is 17.0 Å². The van der Waals surface area contributed by atoms with Gasteiger partial charge in [0, 0.05) is 26.2 Å². The Morgan fingerprint density at radius 3 is 2.00 bits per heavy atom. The first kappa shape index (κ1) is 18.7. The van der Waals surface area contributed by atoms with Crippen molar-refractivity contribution in [2.24, 2.45) is 0 Å². The van der Waals surface area contributed by atoms with Crippen LogP contribution in [0.2, 0.25) is 5.15 Å². The van der Waals surface area contributed by atoms with E-state index >= 15 is 0 Å². The molecule has 0 spiro atoms. The Morgan fingerprint density at radius 2 is 1.56 bits per heavy atom. The predicted octanol–water partition coefficient (Wildman–Crippen LogP) is 4.89. The van der Waals surface area contributed by atoms with E-state index in [9.17, 15) is 10.1 Å². The molecule has 0 saturated heterocycles. The molecule has 138 valence electrons. The van der Waals surface area contributed by atoms with E-state index in [0.29, 0.717) is 18.8 Å². The maximum atomic E-state index is 11.8. The second kappa shape index (κ2) is 8.51. The van der Waals surface area contributed by atoms with E-state index in [0.717, 1.165) is 11.1 Å². The van der Waals surface area contributed by atoms with Crippen molar-refractivity contribution in [1.82, 2.24) is 4.98 Å². The van der Waals surface area contributed by atoms with Gasteiger partial charge in [0.25, 0.3) is 0 Å². The minimum Gasteiger partial charge on any atom is -0.367 e. The van der Waals surface area contributed by atoms with Gasteiger partial charge >= 0.3 is 5.69 Å². The number of pyridine rings is 1. The standard InChI is InChI=1S/C20H19ClN4O2/c1-22-20-19(25(26)27)17(12-18(21)23-20)24(13-15-8-4-2-5-9-15)14-16-10-6-3-7-11-16/h2-12H,13-14H2,1H3,(H,22,23). The normalized spacial score (nSPS) is 10.4. The van der Waals surface area contributed by atoms with E-state index in [1.165, 1.54) is 0 Å². The van der Waals surface area contributed by atoms with Crippen LogP contribution < -0.4 is 10.2 Å². The Bertz CT molecular complexity index is 879. The van der Waals surface area contributed by atoms with Crippen LogP contribution in [0.3, 0.4) is 0 Å². The second-order valence-corrected chi connectivity index (χ2v) is 6.38. The van der Waals surface area contributed by atoms with Crippen molar-refractivity contribution in [3.05, 3.63) is 93.1 Å². The highest BCUT2D eigenvalue weighted by Crippen LogP contribution is 2.37. The molecule has 0 bridgehead atoms. The first-order chi connectivity index (χ1) is 13.1. The molecular weight excluding hydrogens is 364 g/mol. The highest BCUT2D eigenvalue weighted by molar-refractivity contribution is 6.30. The van der Waals surface area contributed by atoms with Crippen LogP contribution in [0.5, 0.6) is 0 Å². The fourth-order valence-electron chi connectivity index (χ4n) is 2.92. The van der Waals surface area contributed by atoms with Crippen LogP contribution in [0.15, 0.2) is 66.7 Å². The summed E-state index contributed by atoms with van der Waals surface area (Å²) in [5.74, 6) is 0.147. The minimum absolute atomic E-state index is 0.0891. The fourth-order valence-corrected chi connectivity index (χ4v) is 3.11. The highest BCUT2D eigenvalue weighted by Gasteiger charge is 2.26. The lowest BCUT2D eigenvalue weighted by atomic mass is 10.1. The van der Waals surface area contributed by atoms with E-state index in [-0.39, 0.29) is 16.7 Å². The molecule has 3 aromatic rings. The molecule has 0 saturated carbocycles. The topological polar surface area (TPSA) is 71.3 Å². The fraction of sp³-hybridized carbons (Fsp3) is 0.150. The summed E-state index contributed by atoms with van der Waals surface area (Å²) in [7, 11) is 1.59. The van der Waals surface area contributed by atoms with E-state index in [2.05, 4.69) is 10.3 Å². The summed E-state index contributed by atoms with van der Waals surface area (Å²) < 4.78 is 0. The lowest BCUT2D eigenvalue weighted by Crippen LogP contribution is -2.23. The summed E-state index contributed by atoms with van der Waals surface area (Å²) in [6, 6.07) is 21.2. The van der Waals surface area contributed by atoms with Crippen molar-refractivity contribution >= 4 is 28.8 Å². The number of halogens is 1. The van der Waals surface area contributed by atoms with Gasteiger partial charge in [-0.2, -0.15) is 0 Å². The van der Waals surface area contributed by atoms with E-state index in [1.54, 1.807) is 13.1 Å². The van der Waals surface area contributed by atoms with Crippen molar-refractivity contribution in [2.45, 2.75) is 13.1 Å². The zero-order valence-electron chi connectivity index (χ0n) is 14.8. The van der Waals surface area contributed by atoms with Crippen molar-refractivity contribution < 1.29 is 4.92 Å². The number of hydrogen-bond acceptors (Lipinski definition) is 5. The van der Waals surface area contributed by atoms with Crippen LogP contribution in [0.25, 0.3) is 0 Å². The minimum atomic E-state index is -0.423. The zero-order chi connectivity index (χ0) is 19.2. The Kier molecular flexibility index (Phi) is 5.88. The largest absolute Gasteiger partial charge is 0.367 e. The molecule has 0 unspecified atom stereocenters. The van der Waals surface area contributed by atoms with Crippen LogP contribution >= 0.6 is 11.6 Å². The number of hydrogen-bond donors (Lipinski definition) is 1. The van der Waals surface area contributed by atoms with Gasteiger partial charge in [-0.05, 0) is 11.1 Å². The van der Waals surface area contributed by atoms with Gasteiger partial charge in [-0.1, -0.05) is 72.3 Å². The van der Waals surface area contributed by atoms with Gasteiger partial charge in [0.2, 0.25) is 5.82 Å². The molecule has 1 heterocycles. The summed E-state index contributed by atoms with van der Waals surface area (Å²) in [6.45, 7) is 1.00. The monoisotopic (exact) mass is 382 g/mol. The Morgan fingerprint density at radius 1 is 1.04 bits per heavy atom. The number of benzene rings is 2. The SMILES string of the molecule is CNc1nc(Cl)cc(N(Cc2ccccc2)Cc2ccccc2)c1[N+](=O)[O-]. The van der Waals surface area contributed by atoms with Gasteiger partial charge in [-0.15, -0.1) is 0 Å². The lowest BCUT2D eigenvalue weighted by molar-refractivity contribution is -0.383. The van der Waals surface area contributed by atoms with Crippen LogP contribution in [0.4, 0.5) is 17.2 Å². The molecule has 0 aliphatic carbocycles. The molecule has 0 radical (unpaired) electrons. The maximum absolute atomic E-state index is 11.8. The Balaban J connectivity index is 2.09. The number of aromatic nitrogens is 1. The van der Waals surface area contributed by atoms with Crippen LogP contribution in [0.1, 0.15) is 11.1 Å². The van der Waals surface area contributed by atoms with Crippen molar-refractivity contribution in [3.8, 4) is 0 Å². The van der Waals surface area contributed by atoms with Crippen LogP contribution in [-0.2, 0) is 13.1 Å². The van der Waals surface area contributed by atoms with Gasteiger partial charge in [-0.25, -0.2) is 4.98 Å². The quantitative estimate of drug-likeness (QED) is 0.358. The van der Waals surface area contributed by atoms with Gasteiger partial charge in [0.1, 0.15) is 10.8 Å². The number of rotatable bonds is 7. The third-order valence-electron chi connectivity index (χ3n) is 4.13. The molecule has 7 heteroatoms. The summed E-state index contributed by atoms with van der Waals surface area (Å²) in [6.07, 6.45) is 0. The molecule has 27 heavy (non-hydrogen) atoms. The molecule has 3 rings (SSSR count). The average molecular weight is 383 g/mol. The Hall–Kier alpha value is -3.12. The molecule has 1 N–H and O–H groups in total. The third-order valence-corrected chi connectivity index (χ3v) is 4.33. The van der Waals surface area contributed by atoms with Crippen molar-refractivity contribution in [2.75, 3.05) is 17.3 Å². The molecule has 0 aliphatic heterocycles. The summed E-state index contributed by atoms with van der Waals surface area (Å²) >= 11 is 6.16. The molecule has 0 aliphatic rings. The molecule has 1 aromatic heterocycles. The number of nitrogens with zero attached hydrogens (tertiary/aromatic N) is 3. The lowest BCUT2D eigenvalue weighted by Gasteiger charge is -2.25.